The Morgan fingerprint density at radius 1 is 1.03 bits per heavy atom. The first-order valence-corrected chi connectivity index (χ1v) is 10.0. The number of ether oxygens (including phenoxy) is 2. The summed E-state index contributed by atoms with van der Waals surface area (Å²) in [7, 11) is 1.29. The quantitative estimate of drug-likeness (QED) is 0.577. The van der Waals surface area contributed by atoms with E-state index in [0.717, 1.165) is 22.5 Å². The number of carbonyl (C=O) groups is 3. The van der Waals surface area contributed by atoms with Gasteiger partial charge in [0.2, 0.25) is 5.91 Å². The maximum Gasteiger partial charge on any atom is 0.306 e. The smallest absolute Gasteiger partial charge is 0.306 e. The number of rotatable bonds is 6. The van der Waals surface area contributed by atoms with E-state index in [4.69, 9.17) is 9.72 Å². The lowest BCUT2D eigenvalue weighted by Crippen LogP contribution is -2.25. The fourth-order valence-electron chi connectivity index (χ4n) is 3.30. The number of aromatic nitrogens is 1. The van der Waals surface area contributed by atoms with Crippen molar-refractivity contribution in [2.45, 2.75) is 12.8 Å². The Balaban J connectivity index is 1.53. The maximum atomic E-state index is 12.1. The summed E-state index contributed by atoms with van der Waals surface area (Å²) in [5.41, 5.74) is 4.35. The van der Waals surface area contributed by atoms with Crippen LogP contribution in [0.1, 0.15) is 12.8 Å². The molecule has 0 spiro atoms. The Hall–Kier alpha value is -4.20. The van der Waals surface area contributed by atoms with Gasteiger partial charge in [-0.3, -0.25) is 14.4 Å². The van der Waals surface area contributed by atoms with Crippen molar-refractivity contribution in [3.63, 3.8) is 0 Å². The number of hydrogen-bond donors (Lipinski definition) is 2. The van der Waals surface area contributed by atoms with Crippen molar-refractivity contribution in [2.75, 3.05) is 24.4 Å². The second-order valence-corrected chi connectivity index (χ2v) is 7.16. The monoisotopic (exact) mass is 431 g/mol. The number of carbonyl (C=O) groups excluding carboxylic acids is 3. The molecule has 8 nitrogen and oxygen atoms in total. The highest BCUT2D eigenvalue weighted by atomic mass is 16.5. The number of amides is 2. The highest BCUT2D eigenvalue weighted by Crippen LogP contribution is 2.33. The van der Waals surface area contributed by atoms with Gasteiger partial charge in [-0.1, -0.05) is 18.2 Å². The number of fused-ring (bicyclic) bond motifs is 1. The number of anilines is 2. The maximum absolute atomic E-state index is 12.1. The fourth-order valence-corrected chi connectivity index (χ4v) is 3.30. The first kappa shape index (κ1) is 21.0. The Bertz CT molecular complexity index is 1190. The van der Waals surface area contributed by atoms with E-state index in [0.29, 0.717) is 17.1 Å². The molecule has 1 aliphatic heterocycles. The van der Waals surface area contributed by atoms with E-state index in [2.05, 4.69) is 15.4 Å². The third-order valence-electron chi connectivity index (χ3n) is 4.88. The summed E-state index contributed by atoms with van der Waals surface area (Å²) in [6.07, 6.45) is 0.0706. The van der Waals surface area contributed by atoms with Crippen LogP contribution >= 0.6 is 0 Å². The van der Waals surface area contributed by atoms with Gasteiger partial charge in [-0.2, -0.15) is 0 Å². The third kappa shape index (κ3) is 4.92. The summed E-state index contributed by atoms with van der Waals surface area (Å²) in [6.45, 7) is 0.00957. The lowest BCUT2D eigenvalue weighted by molar-refractivity contribution is -0.141. The normalized spacial score (nSPS) is 12.2. The van der Waals surface area contributed by atoms with Gasteiger partial charge in [0.25, 0.3) is 5.91 Å². The van der Waals surface area contributed by atoms with Gasteiger partial charge in [0, 0.05) is 23.2 Å². The van der Waals surface area contributed by atoms with Crippen LogP contribution in [0.5, 0.6) is 5.75 Å². The lowest BCUT2D eigenvalue weighted by atomic mass is 10.1. The summed E-state index contributed by atoms with van der Waals surface area (Å²) in [5, 5.41) is 5.59. The van der Waals surface area contributed by atoms with Crippen LogP contribution in [0.2, 0.25) is 0 Å². The molecule has 2 amide bonds. The molecule has 0 fully saturated rings. The molecule has 4 rings (SSSR count). The van der Waals surface area contributed by atoms with E-state index in [-0.39, 0.29) is 31.3 Å². The average molecular weight is 431 g/mol. The van der Waals surface area contributed by atoms with E-state index < -0.39 is 5.97 Å². The molecule has 162 valence electrons. The van der Waals surface area contributed by atoms with Crippen LogP contribution in [-0.4, -0.2) is 36.5 Å². The molecule has 2 aromatic carbocycles. The molecule has 0 saturated heterocycles. The zero-order valence-corrected chi connectivity index (χ0v) is 17.4. The molecule has 1 aromatic heterocycles. The third-order valence-corrected chi connectivity index (χ3v) is 4.88. The van der Waals surface area contributed by atoms with Gasteiger partial charge in [0.15, 0.2) is 6.61 Å². The minimum Gasteiger partial charge on any atom is -0.482 e. The average Bonchev–Trinajstić information content (AvgIpc) is 2.82. The summed E-state index contributed by atoms with van der Waals surface area (Å²) >= 11 is 0. The fraction of sp³-hybridized carbons (Fsp3) is 0.167. The van der Waals surface area contributed by atoms with Crippen molar-refractivity contribution in [1.82, 2.24) is 4.98 Å². The zero-order valence-electron chi connectivity index (χ0n) is 17.4. The summed E-state index contributed by atoms with van der Waals surface area (Å²) in [6, 6.07) is 18.5. The molecular weight excluding hydrogens is 410 g/mol. The van der Waals surface area contributed by atoms with Gasteiger partial charge >= 0.3 is 5.97 Å². The number of nitrogens with one attached hydrogen (secondary N) is 2. The second-order valence-electron chi connectivity index (χ2n) is 7.16. The van der Waals surface area contributed by atoms with Gasteiger partial charge in [-0.15, -0.1) is 0 Å². The van der Waals surface area contributed by atoms with Crippen molar-refractivity contribution in [2.24, 2.45) is 0 Å². The SMILES string of the molecule is COC(=O)CCC(=O)Nc1cccc(-c2cccc(-c3ccc4c(c3)NC(=O)CO4)n2)c1. The first-order valence-electron chi connectivity index (χ1n) is 10.0. The van der Waals surface area contributed by atoms with Crippen LogP contribution in [0.3, 0.4) is 0 Å². The Kier molecular flexibility index (Phi) is 6.12. The first-order chi connectivity index (χ1) is 15.5. The van der Waals surface area contributed by atoms with E-state index in [1.165, 1.54) is 7.11 Å². The summed E-state index contributed by atoms with van der Waals surface area (Å²) in [5.74, 6) is -0.266. The van der Waals surface area contributed by atoms with Gasteiger partial charge in [0.05, 0.1) is 30.6 Å². The predicted octanol–water partition coefficient (Wildman–Crippen LogP) is 3.64. The molecule has 0 unspecified atom stereocenters. The number of esters is 1. The molecule has 0 radical (unpaired) electrons. The topological polar surface area (TPSA) is 107 Å². The van der Waals surface area contributed by atoms with Crippen LogP contribution in [0, 0.1) is 0 Å². The van der Waals surface area contributed by atoms with E-state index in [1.54, 1.807) is 6.07 Å². The minimum atomic E-state index is -0.428. The van der Waals surface area contributed by atoms with Crippen molar-refractivity contribution < 1.29 is 23.9 Å². The Morgan fingerprint density at radius 2 is 1.78 bits per heavy atom. The molecule has 32 heavy (non-hydrogen) atoms. The molecule has 3 aromatic rings. The molecule has 0 bridgehead atoms. The lowest BCUT2D eigenvalue weighted by Gasteiger charge is -2.18. The molecule has 2 heterocycles. The molecule has 0 saturated carbocycles. The second kappa shape index (κ2) is 9.30. The highest BCUT2D eigenvalue weighted by Gasteiger charge is 2.17. The van der Waals surface area contributed by atoms with Crippen molar-refractivity contribution in [1.29, 1.82) is 0 Å². The van der Waals surface area contributed by atoms with Crippen LogP contribution in [0.15, 0.2) is 60.7 Å². The van der Waals surface area contributed by atoms with Gasteiger partial charge < -0.3 is 20.1 Å². The molecule has 8 heteroatoms. The van der Waals surface area contributed by atoms with Gasteiger partial charge in [-0.25, -0.2) is 4.98 Å². The zero-order chi connectivity index (χ0) is 22.5. The van der Waals surface area contributed by atoms with E-state index in [9.17, 15) is 14.4 Å². The number of methoxy groups -OCH3 is 1. The van der Waals surface area contributed by atoms with Gasteiger partial charge in [-0.05, 0) is 42.5 Å². The van der Waals surface area contributed by atoms with Crippen LogP contribution in [0.25, 0.3) is 22.5 Å². The molecule has 0 aliphatic carbocycles. The number of nitrogens with zero attached hydrogens (tertiary/aromatic N) is 1. The summed E-state index contributed by atoms with van der Waals surface area (Å²) in [4.78, 5) is 39.7. The van der Waals surface area contributed by atoms with Gasteiger partial charge in [0.1, 0.15) is 5.75 Å². The number of hydrogen-bond acceptors (Lipinski definition) is 6. The molecular formula is C24H21N3O5. The van der Waals surface area contributed by atoms with Crippen molar-refractivity contribution in [3.05, 3.63) is 60.7 Å². The van der Waals surface area contributed by atoms with Crippen molar-refractivity contribution >= 4 is 29.2 Å². The van der Waals surface area contributed by atoms with E-state index in [1.807, 2.05) is 54.6 Å². The van der Waals surface area contributed by atoms with Crippen LogP contribution < -0.4 is 15.4 Å². The highest BCUT2D eigenvalue weighted by molar-refractivity contribution is 5.96. The summed E-state index contributed by atoms with van der Waals surface area (Å²) < 4.78 is 9.97. The van der Waals surface area contributed by atoms with Crippen LogP contribution in [0.4, 0.5) is 11.4 Å². The van der Waals surface area contributed by atoms with Crippen molar-refractivity contribution in [3.8, 4) is 28.3 Å². The largest absolute Gasteiger partial charge is 0.482 e. The number of pyridine rings is 1. The number of benzene rings is 2. The minimum absolute atomic E-state index is 0.00957. The van der Waals surface area contributed by atoms with E-state index >= 15 is 0 Å². The molecule has 0 atom stereocenters. The molecule has 2 N–H and O–H groups in total. The van der Waals surface area contributed by atoms with Crippen LogP contribution in [-0.2, 0) is 19.1 Å². The standard InChI is InChI=1S/C24H21N3O5/c1-31-24(30)11-10-22(28)25-17-5-2-4-15(12-17)18-6-3-7-19(26-18)16-8-9-21-20(13-16)27-23(29)14-32-21/h2-9,12-13H,10-11,14H2,1H3,(H,25,28)(H,27,29). The Morgan fingerprint density at radius 3 is 2.56 bits per heavy atom. The predicted molar refractivity (Wildman–Crippen MR) is 119 cm³/mol. The molecule has 1 aliphatic rings. The Labute approximate surface area is 184 Å².